The number of hydrogen-bond donors (Lipinski definition) is 1. The van der Waals surface area contributed by atoms with Crippen LogP contribution in [0, 0.1) is 0 Å². The van der Waals surface area contributed by atoms with Gasteiger partial charge < -0.3 is 9.67 Å². The van der Waals surface area contributed by atoms with Crippen LogP contribution in [0.25, 0.3) is 0 Å². The second-order valence-electron chi connectivity index (χ2n) is 7.38. The maximum absolute atomic E-state index is 12.0. The number of pyridine rings is 1. The highest BCUT2D eigenvalue weighted by atomic mass is 16.3. The molecule has 1 aliphatic carbocycles. The van der Waals surface area contributed by atoms with E-state index in [2.05, 4.69) is 16.4 Å². The number of aromatic hydroxyl groups is 1. The molecule has 1 atom stereocenters. The van der Waals surface area contributed by atoms with Gasteiger partial charge in [0.05, 0.1) is 6.20 Å². The summed E-state index contributed by atoms with van der Waals surface area (Å²) in [5, 5.41) is 9.94. The molecule has 2 aliphatic rings. The summed E-state index contributed by atoms with van der Waals surface area (Å²) in [5.41, 5.74) is 0.836. The Hall–Kier alpha value is -1.29. The lowest BCUT2D eigenvalue weighted by Crippen LogP contribution is -2.38. The van der Waals surface area contributed by atoms with Crippen LogP contribution in [0.1, 0.15) is 76.4 Å². The fraction of sp³-hybridized carbons (Fsp3) is 0.737. The standard InChI is InChI=1S/C19H30N2O2/c1-15-8-6-7-11-20(15)13-17-12-18(22)19(23)14-21(17)16-9-4-2-3-5-10-16/h12,14-16,23H,2-11,13H2,1H3. The quantitative estimate of drug-likeness (QED) is 0.862. The van der Waals surface area contributed by atoms with E-state index in [9.17, 15) is 9.90 Å². The van der Waals surface area contributed by atoms with Crippen LogP contribution in [-0.2, 0) is 6.54 Å². The number of rotatable bonds is 3. The summed E-state index contributed by atoms with van der Waals surface area (Å²) in [6.45, 7) is 4.22. The van der Waals surface area contributed by atoms with E-state index in [0.717, 1.165) is 31.6 Å². The van der Waals surface area contributed by atoms with Crippen molar-refractivity contribution in [1.29, 1.82) is 0 Å². The van der Waals surface area contributed by atoms with Crippen molar-refractivity contribution < 1.29 is 5.11 Å². The first-order valence-electron chi connectivity index (χ1n) is 9.33. The largest absolute Gasteiger partial charge is 0.503 e. The van der Waals surface area contributed by atoms with Gasteiger partial charge in [-0.25, -0.2) is 0 Å². The molecule has 1 N–H and O–H groups in total. The lowest BCUT2D eigenvalue weighted by Gasteiger charge is -2.34. The molecular formula is C19H30N2O2. The number of nitrogens with zero attached hydrogens (tertiary/aromatic N) is 2. The molecule has 1 saturated heterocycles. The van der Waals surface area contributed by atoms with E-state index in [4.69, 9.17) is 0 Å². The zero-order chi connectivity index (χ0) is 16.2. The van der Waals surface area contributed by atoms with Gasteiger partial charge in [-0.2, -0.15) is 0 Å². The van der Waals surface area contributed by atoms with E-state index in [1.165, 1.54) is 44.9 Å². The molecule has 1 saturated carbocycles. The van der Waals surface area contributed by atoms with Gasteiger partial charge in [-0.3, -0.25) is 9.69 Å². The predicted molar refractivity (Wildman–Crippen MR) is 92.8 cm³/mol. The molecule has 1 unspecified atom stereocenters. The van der Waals surface area contributed by atoms with Crippen LogP contribution in [0.2, 0.25) is 0 Å². The van der Waals surface area contributed by atoms with E-state index in [-0.39, 0.29) is 11.2 Å². The Kier molecular flexibility index (Phi) is 5.42. The van der Waals surface area contributed by atoms with Crippen molar-refractivity contribution in [2.45, 2.75) is 83.3 Å². The molecule has 0 bridgehead atoms. The maximum Gasteiger partial charge on any atom is 0.223 e. The SMILES string of the molecule is CC1CCCCN1Cc1cc(=O)c(O)cn1C1CCCCCC1. The Morgan fingerprint density at radius 1 is 1.09 bits per heavy atom. The van der Waals surface area contributed by atoms with Crippen LogP contribution in [0.15, 0.2) is 17.1 Å². The minimum absolute atomic E-state index is 0.107. The Balaban J connectivity index is 1.87. The van der Waals surface area contributed by atoms with Gasteiger partial charge in [-0.1, -0.05) is 32.1 Å². The summed E-state index contributed by atoms with van der Waals surface area (Å²) in [6, 6.07) is 2.68. The summed E-state index contributed by atoms with van der Waals surface area (Å²) < 4.78 is 2.21. The van der Waals surface area contributed by atoms with E-state index in [1.807, 2.05) is 0 Å². The van der Waals surface area contributed by atoms with E-state index in [1.54, 1.807) is 12.3 Å². The zero-order valence-corrected chi connectivity index (χ0v) is 14.3. The monoisotopic (exact) mass is 318 g/mol. The summed E-state index contributed by atoms with van der Waals surface area (Å²) in [6.07, 6.45) is 12.9. The molecule has 0 spiro atoms. The molecule has 0 amide bonds. The fourth-order valence-electron chi connectivity index (χ4n) is 4.18. The highest BCUT2D eigenvalue weighted by molar-refractivity contribution is 5.21. The van der Waals surface area contributed by atoms with Crippen molar-refractivity contribution in [2.75, 3.05) is 6.54 Å². The summed E-state index contributed by atoms with van der Waals surface area (Å²) >= 11 is 0. The van der Waals surface area contributed by atoms with Crippen molar-refractivity contribution in [2.24, 2.45) is 0 Å². The maximum atomic E-state index is 12.0. The molecule has 1 aromatic heterocycles. The van der Waals surface area contributed by atoms with Gasteiger partial charge >= 0.3 is 0 Å². The normalized spacial score (nSPS) is 24.5. The molecular weight excluding hydrogens is 288 g/mol. The minimum atomic E-state index is -0.241. The topological polar surface area (TPSA) is 45.5 Å². The molecule has 2 heterocycles. The van der Waals surface area contributed by atoms with Gasteiger partial charge in [0.15, 0.2) is 5.75 Å². The van der Waals surface area contributed by atoms with Gasteiger partial charge in [-0.05, 0) is 39.2 Å². The average Bonchev–Trinajstić information content (AvgIpc) is 2.82. The lowest BCUT2D eigenvalue weighted by molar-refractivity contribution is 0.147. The summed E-state index contributed by atoms with van der Waals surface area (Å²) in [5.74, 6) is -0.107. The van der Waals surface area contributed by atoms with E-state index < -0.39 is 0 Å². The summed E-state index contributed by atoms with van der Waals surface area (Å²) in [4.78, 5) is 14.5. The molecule has 2 fully saturated rings. The highest BCUT2D eigenvalue weighted by Gasteiger charge is 2.22. The van der Waals surface area contributed by atoms with Crippen molar-refractivity contribution in [3.63, 3.8) is 0 Å². The fourth-order valence-corrected chi connectivity index (χ4v) is 4.18. The first kappa shape index (κ1) is 16.6. The number of aromatic nitrogens is 1. The second kappa shape index (κ2) is 7.52. The third-order valence-electron chi connectivity index (χ3n) is 5.67. The minimum Gasteiger partial charge on any atom is -0.503 e. The molecule has 1 aromatic rings. The molecule has 0 radical (unpaired) electrons. The average molecular weight is 318 g/mol. The molecule has 4 heteroatoms. The number of hydrogen-bond acceptors (Lipinski definition) is 3. The van der Waals surface area contributed by atoms with E-state index >= 15 is 0 Å². The highest BCUT2D eigenvalue weighted by Crippen LogP contribution is 2.29. The third-order valence-corrected chi connectivity index (χ3v) is 5.67. The van der Waals surface area contributed by atoms with E-state index in [0.29, 0.717) is 12.1 Å². The van der Waals surface area contributed by atoms with Crippen molar-refractivity contribution in [3.8, 4) is 5.75 Å². The van der Waals surface area contributed by atoms with Crippen molar-refractivity contribution in [3.05, 3.63) is 28.2 Å². The van der Waals surface area contributed by atoms with Crippen LogP contribution in [-0.4, -0.2) is 27.2 Å². The first-order chi connectivity index (χ1) is 11.1. The van der Waals surface area contributed by atoms with Gasteiger partial charge in [0.1, 0.15) is 0 Å². The van der Waals surface area contributed by atoms with Crippen LogP contribution < -0.4 is 5.43 Å². The van der Waals surface area contributed by atoms with Crippen molar-refractivity contribution in [1.82, 2.24) is 9.47 Å². The number of piperidine rings is 1. The van der Waals surface area contributed by atoms with Crippen LogP contribution in [0.3, 0.4) is 0 Å². The molecule has 4 nitrogen and oxygen atoms in total. The van der Waals surface area contributed by atoms with Gasteiger partial charge in [0.25, 0.3) is 0 Å². The van der Waals surface area contributed by atoms with Gasteiger partial charge in [0, 0.05) is 30.4 Å². The Labute approximate surface area is 139 Å². The lowest BCUT2D eigenvalue weighted by atomic mass is 10.0. The smallest absolute Gasteiger partial charge is 0.223 e. The molecule has 3 rings (SSSR count). The Morgan fingerprint density at radius 2 is 1.78 bits per heavy atom. The second-order valence-corrected chi connectivity index (χ2v) is 7.38. The molecule has 23 heavy (non-hydrogen) atoms. The zero-order valence-electron chi connectivity index (χ0n) is 14.3. The Bertz CT molecular complexity index is 573. The third kappa shape index (κ3) is 3.97. The van der Waals surface area contributed by atoms with Crippen molar-refractivity contribution >= 4 is 0 Å². The molecule has 128 valence electrons. The van der Waals surface area contributed by atoms with Gasteiger partial charge in [-0.15, -0.1) is 0 Å². The van der Waals surface area contributed by atoms with Crippen LogP contribution in [0.4, 0.5) is 0 Å². The van der Waals surface area contributed by atoms with Gasteiger partial charge in [0.2, 0.25) is 5.43 Å². The first-order valence-corrected chi connectivity index (χ1v) is 9.33. The number of likely N-dealkylation sites (tertiary alicyclic amines) is 1. The molecule has 0 aromatic carbocycles. The van der Waals surface area contributed by atoms with Crippen LogP contribution in [0.5, 0.6) is 5.75 Å². The Morgan fingerprint density at radius 3 is 2.48 bits per heavy atom. The predicted octanol–water partition coefficient (Wildman–Crippen LogP) is 3.82. The van der Waals surface area contributed by atoms with Crippen LogP contribution >= 0.6 is 0 Å². The summed E-state index contributed by atoms with van der Waals surface area (Å²) in [7, 11) is 0. The molecule has 1 aliphatic heterocycles.